The molecule has 0 aliphatic rings. The molecule has 0 aliphatic carbocycles. The quantitative estimate of drug-likeness (QED) is 0.618. The summed E-state index contributed by atoms with van der Waals surface area (Å²) >= 11 is 1.52. The summed E-state index contributed by atoms with van der Waals surface area (Å²) in [6.07, 6.45) is 5.23. The largest absolute Gasteiger partial charge is 0.463 e. The van der Waals surface area contributed by atoms with E-state index in [0.29, 0.717) is 5.76 Å². The van der Waals surface area contributed by atoms with Gasteiger partial charge in [-0.05, 0) is 18.4 Å². The molecule has 2 aromatic heterocycles. The summed E-state index contributed by atoms with van der Waals surface area (Å²) < 4.78 is 6.94. The lowest BCUT2D eigenvalue weighted by atomic mass is 10.2. The van der Waals surface area contributed by atoms with Crippen LogP contribution < -0.4 is 0 Å². The molecule has 2 rings (SSSR count). The second kappa shape index (κ2) is 5.18. The minimum atomic E-state index is 0.275. The van der Waals surface area contributed by atoms with E-state index in [9.17, 15) is 0 Å². The fourth-order valence-corrected chi connectivity index (χ4v) is 1.79. The zero-order valence-corrected chi connectivity index (χ0v) is 10.8. The lowest BCUT2D eigenvalue weighted by Gasteiger charge is -2.04. The van der Waals surface area contributed by atoms with Gasteiger partial charge in [-0.15, -0.1) is 10.2 Å². The number of hydrogen-bond donors (Lipinski definition) is 0. The van der Waals surface area contributed by atoms with Crippen molar-refractivity contribution in [1.82, 2.24) is 14.9 Å². The molecule has 0 saturated carbocycles. The van der Waals surface area contributed by atoms with Gasteiger partial charge >= 0.3 is 0 Å². The summed E-state index contributed by atoms with van der Waals surface area (Å²) in [6.45, 7) is 4.13. The van der Waals surface area contributed by atoms with Gasteiger partial charge in [0.05, 0.1) is 12.5 Å². The summed E-state index contributed by atoms with van der Waals surface area (Å²) in [5.41, 5.74) is 0. The first-order chi connectivity index (χ1) is 8.22. The number of furan rings is 1. The Morgan fingerprint density at radius 2 is 2.29 bits per heavy atom. The molecule has 2 heterocycles. The zero-order chi connectivity index (χ0) is 12.3. The molecule has 0 spiro atoms. The van der Waals surface area contributed by atoms with Crippen molar-refractivity contribution in [3.63, 3.8) is 0 Å². The first-order valence-electron chi connectivity index (χ1n) is 5.29. The van der Waals surface area contributed by atoms with Crippen molar-refractivity contribution in [1.29, 1.82) is 0 Å². The predicted octanol–water partition coefficient (Wildman–Crippen LogP) is 2.60. The van der Waals surface area contributed by atoms with E-state index in [-0.39, 0.29) is 5.92 Å². The van der Waals surface area contributed by atoms with Crippen LogP contribution in [0.5, 0.6) is 0 Å². The maximum atomic E-state index is 5.20. The average Bonchev–Trinajstić information content (AvgIpc) is 2.95. The van der Waals surface area contributed by atoms with Crippen LogP contribution in [-0.2, 0) is 0 Å². The standard InChI is InChI=1S/C11H14N4OS/c1-8(2)10-13-14-11(17-3)15(10)12-7-9-5-4-6-16-9/h4-8H,1-3H3/b12-7-. The molecule has 2 aromatic rings. The lowest BCUT2D eigenvalue weighted by Crippen LogP contribution is -2.01. The highest BCUT2D eigenvalue weighted by Gasteiger charge is 2.13. The molecule has 0 N–H and O–H groups in total. The minimum Gasteiger partial charge on any atom is -0.463 e. The van der Waals surface area contributed by atoms with Crippen LogP contribution in [0.1, 0.15) is 31.4 Å². The van der Waals surface area contributed by atoms with Crippen LogP contribution in [0.15, 0.2) is 33.1 Å². The summed E-state index contributed by atoms with van der Waals surface area (Å²) in [7, 11) is 0. The van der Waals surface area contributed by atoms with Crippen LogP contribution in [-0.4, -0.2) is 27.3 Å². The second-order valence-electron chi connectivity index (χ2n) is 3.77. The molecule has 0 saturated heterocycles. The molecular weight excluding hydrogens is 236 g/mol. The molecule has 5 nitrogen and oxygen atoms in total. The van der Waals surface area contributed by atoms with Crippen LogP contribution in [0, 0.1) is 0 Å². The molecule has 90 valence electrons. The fourth-order valence-electron chi connectivity index (χ4n) is 1.35. The van der Waals surface area contributed by atoms with Gasteiger partial charge < -0.3 is 4.42 Å². The van der Waals surface area contributed by atoms with E-state index >= 15 is 0 Å². The van der Waals surface area contributed by atoms with Crippen molar-refractivity contribution in [2.45, 2.75) is 24.9 Å². The SMILES string of the molecule is CSc1nnc(C(C)C)n1/N=C\c1ccco1. The number of aromatic nitrogens is 3. The maximum absolute atomic E-state index is 5.20. The van der Waals surface area contributed by atoms with Gasteiger partial charge in [-0.1, -0.05) is 25.6 Å². The van der Waals surface area contributed by atoms with Crippen molar-refractivity contribution in [2.75, 3.05) is 6.26 Å². The second-order valence-corrected chi connectivity index (χ2v) is 4.54. The topological polar surface area (TPSA) is 56.2 Å². The van der Waals surface area contributed by atoms with E-state index in [2.05, 4.69) is 29.1 Å². The maximum Gasteiger partial charge on any atom is 0.211 e. The fraction of sp³-hybridized carbons (Fsp3) is 0.364. The molecular formula is C11H14N4OS. The monoisotopic (exact) mass is 250 g/mol. The molecule has 0 amide bonds. The third-order valence-electron chi connectivity index (χ3n) is 2.18. The molecule has 0 aliphatic heterocycles. The summed E-state index contributed by atoms with van der Waals surface area (Å²) in [4.78, 5) is 0. The summed E-state index contributed by atoms with van der Waals surface area (Å²) in [5, 5.41) is 13.3. The van der Waals surface area contributed by atoms with E-state index in [1.807, 2.05) is 18.4 Å². The van der Waals surface area contributed by atoms with Crippen LogP contribution in [0.4, 0.5) is 0 Å². The Morgan fingerprint density at radius 1 is 1.47 bits per heavy atom. The predicted molar refractivity (Wildman–Crippen MR) is 67.6 cm³/mol. The Bertz CT molecular complexity index is 502. The minimum absolute atomic E-state index is 0.275. The molecule has 0 unspecified atom stereocenters. The molecule has 0 aromatic carbocycles. The van der Waals surface area contributed by atoms with Crippen molar-refractivity contribution in [2.24, 2.45) is 5.10 Å². The van der Waals surface area contributed by atoms with E-state index < -0.39 is 0 Å². The van der Waals surface area contributed by atoms with Gasteiger partial charge in [0, 0.05) is 5.92 Å². The van der Waals surface area contributed by atoms with Gasteiger partial charge in [-0.2, -0.15) is 9.78 Å². The van der Waals surface area contributed by atoms with Gasteiger partial charge in [-0.25, -0.2) is 0 Å². The van der Waals surface area contributed by atoms with E-state index in [0.717, 1.165) is 11.0 Å². The van der Waals surface area contributed by atoms with Crippen LogP contribution in [0.2, 0.25) is 0 Å². The Balaban J connectivity index is 2.33. The highest BCUT2D eigenvalue weighted by Crippen LogP contribution is 2.19. The van der Waals surface area contributed by atoms with Crippen LogP contribution in [0.25, 0.3) is 0 Å². The Kier molecular flexibility index (Phi) is 3.63. The van der Waals surface area contributed by atoms with Crippen molar-refractivity contribution < 1.29 is 4.42 Å². The van der Waals surface area contributed by atoms with Crippen molar-refractivity contribution in [3.05, 3.63) is 30.0 Å². The number of thioether (sulfide) groups is 1. The van der Waals surface area contributed by atoms with Gasteiger partial charge in [-0.3, -0.25) is 0 Å². The zero-order valence-electron chi connectivity index (χ0n) is 9.99. The number of rotatable bonds is 4. The summed E-state index contributed by atoms with van der Waals surface area (Å²) in [6, 6.07) is 3.67. The normalized spacial score (nSPS) is 11.8. The van der Waals surface area contributed by atoms with Crippen LogP contribution >= 0.6 is 11.8 Å². The Hall–Kier alpha value is -1.56. The molecule has 0 bridgehead atoms. The van der Waals surface area contributed by atoms with Gasteiger partial charge in [0.15, 0.2) is 5.82 Å². The van der Waals surface area contributed by atoms with E-state index in [4.69, 9.17) is 4.42 Å². The van der Waals surface area contributed by atoms with Crippen molar-refractivity contribution in [3.8, 4) is 0 Å². The third-order valence-corrected chi connectivity index (χ3v) is 2.80. The summed E-state index contributed by atoms with van der Waals surface area (Å²) in [5.74, 6) is 1.83. The number of hydrogen-bond acceptors (Lipinski definition) is 5. The molecule has 17 heavy (non-hydrogen) atoms. The highest BCUT2D eigenvalue weighted by molar-refractivity contribution is 7.98. The Morgan fingerprint density at radius 3 is 2.88 bits per heavy atom. The van der Waals surface area contributed by atoms with Crippen LogP contribution in [0.3, 0.4) is 0 Å². The molecule has 0 atom stereocenters. The molecule has 0 radical (unpaired) electrons. The third kappa shape index (κ3) is 2.58. The van der Waals surface area contributed by atoms with Crippen molar-refractivity contribution >= 4 is 18.0 Å². The molecule has 6 heteroatoms. The average molecular weight is 250 g/mol. The Labute approximate surface area is 104 Å². The van der Waals surface area contributed by atoms with Gasteiger partial charge in [0.25, 0.3) is 0 Å². The van der Waals surface area contributed by atoms with Gasteiger partial charge in [0.2, 0.25) is 5.16 Å². The first kappa shape index (κ1) is 11.9. The first-order valence-corrected chi connectivity index (χ1v) is 6.52. The highest BCUT2D eigenvalue weighted by atomic mass is 32.2. The van der Waals surface area contributed by atoms with Gasteiger partial charge in [0.1, 0.15) is 5.76 Å². The smallest absolute Gasteiger partial charge is 0.211 e. The number of nitrogens with zero attached hydrogens (tertiary/aromatic N) is 4. The van der Waals surface area contributed by atoms with E-state index in [1.54, 1.807) is 17.2 Å². The lowest BCUT2D eigenvalue weighted by molar-refractivity contribution is 0.558. The van der Waals surface area contributed by atoms with E-state index in [1.165, 1.54) is 11.8 Å². The molecule has 0 fully saturated rings.